The van der Waals surface area contributed by atoms with Gasteiger partial charge in [-0.3, -0.25) is 9.59 Å². The molecule has 0 aliphatic rings. The van der Waals surface area contributed by atoms with Crippen LogP contribution in [-0.4, -0.2) is 11.9 Å². The van der Waals surface area contributed by atoms with Gasteiger partial charge in [0.15, 0.2) is 0 Å². The maximum absolute atomic E-state index is 12.1. The molecule has 0 aliphatic carbocycles. The Morgan fingerprint density at radius 1 is 0.957 bits per heavy atom. The maximum Gasteiger partial charge on any atom is 0.316 e. The number of hydrogen-bond donors (Lipinski definition) is 1. The van der Waals surface area contributed by atoms with Gasteiger partial charge in [-0.1, -0.05) is 11.6 Å². The first-order valence-corrected chi connectivity index (χ1v) is 7.53. The molecule has 0 saturated heterocycles. The molecule has 0 bridgehead atoms. The largest absolute Gasteiger partial charge is 0.426 e. The number of carbonyl (C=O) groups excluding carboxylic acids is 2. The summed E-state index contributed by atoms with van der Waals surface area (Å²) in [5.74, 6) is -0.162. The molecule has 4 nitrogen and oxygen atoms in total. The minimum atomic E-state index is -0.579. The molecule has 2 aromatic carbocycles. The monoisotopic (exact) mass is 331 g/mol. The van der Waals surface area contributed by atoms with E-state index in [1.54, 1.807) is 69.3 Å². The van der Waals surface area contributed by atoms with E-state index in [0.717, 1.165) is 0 Å². The molecule has 0 atom stereocenters. The number of hydrogen-bond acceptors (Lipinski definition) is 3. The van der Waals surface area contributed by atoms with Crippen molar-refractivity contribution in [2.24, 2.45) is 5.41 Å². The summed E-state index contributed by atoms with van der Waals surface area (Å²) in [7, 11) is 0. The fourth-order valence-corrected chi connectivity index (χ4v) is 1.80. The third-order valence-corrected chi connectivity index (χ3v) is 3.29. The van der Waals surface area contributed by atoms with Gasteiger partial charge in [0.05, 0.1) is 5.41 Å². The zero-order valence-corrected chi connectivity index (χ0v) is 14.0. The summed E-state index contributed by atoms with van der Waals surface area (Å²) in [6.07, 6.45) is 0. The quantitative estimate of drug-likeness (QED) is 0.663. The molecule has 0 saturated carbocycles. The zero-order valence-electron chi connectivity index (χ0n) is 13.2. The maximum atomic E-state index is 12.1. The second-order valence-electron chi connectivity index (χ2n) is 6.12. The van der Waals surface area contributed by atoms with E-state index in [9.17, 15) is 9.59 Å². The summed E-state index contributed by atoms with van der Waals surface area (Å²) in [6.45, 7) is 5.34. The lowest BCUT2D eigenvalue weighted by Gasteiger charge is -2.16. The zero-order chi connectivity index (χ0) is 17.0. The molecule has 1 N–H and O–H groups in total. The van der Waals surface area contributed by atoms with Crippen molar-refractivity contribution >= 4 is 29.2 Å². The second kappa shape index (κ2) is 6.84. The highest BCUT2D eigenvalue weighted by molar-refractivity contribution is 6.30. The van der Waals surface area contributed by atoms with Crippen LogP contribution >= 0.6 is 11.6 Å². The molecule has 0 radical (unpaired) electrons. The van der Waals surface area contributed by atoms with E-state index in [0.29, 0.717) is 22.0 Å². The number of amides is 1. The standard InChI is InChI=1S/C18H18ClNO3/c1-18(2,3)17(22)23-15-10-4-12(5-11-15)16(21)20-14-8-6-13(19)7-9-14/h4-11H,1-3H3,(H,20,21). The van der Waals surface area contributed by atoms with Crippen LogP contribution in [0, 0.1) is 5.41 Å². The van der Waals surface area contributed by atoms with Gasteiger partial charge in [0, 0.05) is 16.3 Å². The van der Waals surface area contributed by atoms with Crippen molar-refractivity contribution < 1.29 is 14.3 Å². The van der Waals surface area contributed by atoms with Crippen molar-refractivity contribution in [2.45, 2.75) is 20.8 Å². The van der Waals surface area contributed by atoms with Crippen LogP contribution in [-0.2, 0) is 4.79 Å². The van der Waals surface area contributed by atoms with Gasteiger partial charge in [0.1, 0.15) is 5.75 Å². The number of benzene rings is 2. The number of halogens is 1. The number of anilines is 1. The molecule has 0 unspecified atom stereocenters. The van der Waals surface area contributed by atoms with E-state index in [-0.39, 0.29) is 11.9 Å². The van der Waals surface area contributed by atoms with Crippen molar-refractivity contribution in [3.05, 3.63) is 59.1 Å². The van der Waals surface area contributed by atoms with E-state index < -0.39 is 5.41 Å². The van der Waals surface area contributed by atoms with Crippen molar-refractivity contribution in [1.29, 1.82) is 0 Å². The highest BCUT2D eigenvalue weighted by Gasteiger charge is 2.23. The van der Waals surface area contributed by atoms with Crippen LogP contribution in [0.25, 0.3) is 0 Å². The number of rotatable bonds is 3. The van der Waals surface area contributed by atoms with E-state index in [1.165, 1.54) is 0 Å². The molecule has 0 spiro atoms. The Balaban J connectivity index is 2.02. The fraction of sp³-hybridized carbons (Fsp3) is 0.222. The van der Waals surface area contributed by atoms with Crippen LogP contribution in [0.1, 0.15) is 31.1 Å². The van der Waals surface area contributed by atoms with Crippen LogP contribution in [0.15, 0.2) is 48.5 Å². The van der Waals surface area contributed by atoms with Crippen molar-refractivity contribution in [2.75, 3.05) is 5.32 Å². The summed E-state index contributed by atoms with van der Waals surface area (Å²) < 4.78 is 5.26. The lowest BCUT2D eigenvalue weighted by Crippen LogP contribution is -2.25. The Kier molecular flexibility index (Phi) is 5.06. The van der Waals surface area contributed by atoms with Crippen LogP contribution in [0.3, 0.4) is 0 Å². The summed E-state index contributed by atoms with van der Waals surface area (Å²) in [4.78, 5) is 23.9. The molecule has 0 fully saturated rings. The average Bonchev–Trinajstić information content (AvgIpc) is 2.49. The van der Waals surface area contributed by atoms with Gasteiger partial charge in [-0.15, -0.1) is 0 Å². The topological polar surface area (TPSA) is 55.4 Å². The molecule has 0 aromatic heterocycles. The lowest BCUT2D eigenvalue weighted by molar-refractivity contribution is -0.142. The predicted octanol–water partition coefficient (Wildman–Crippen LogP) is 4.54. The number of ether oxygens (including phenoxy) is 1. The first-order valence-electron chi connectivity index (χ1n) is 7.15. The molecular formula is C18H18ClNO3. The Morgan fingerprint density at radius 3 is 2.04 bits per heavy atom. The minimum absolute atomic E-state index is 0.249. The smallest absolute Gasteiger partial charge is 0.316 e. The van der Waals surface area contributed by atoms with Crippen LogP contribution < -0.4 is 10.1 Å². The molecule has 0 aliphatic heterocycles. The van der Waals surface area contributed by atoms with Gasteiger partial charge in [-0.05, 0) is 69.3 Å². The lowest BCUT2D eigenvalue weighted by atomic mass is 9.97. The summed E-state index contributed by atoms with van der Waals surface area (Å²) in [5.41, 5.74) is 0.545. The van der Waals surface area contributed by atoms with Crippen LogP contribution in [0.2, 0.25) is 5.02 Å². The first-order chi connectivity index (χ1) is 10.8. The molecule has 120 valence electrons. The van der Waals surface area contributed by atoms with Crippen molar-refractivity contribution in [1.82, 2.24) is 0 Å². The van der Waals surface area contributed by atoms with Crippen LogP contribution in [0.5, 0.6) is 5.75 Å². The van der Waals surface area contributed by atoms with E-state index >= 15 is 0 Å². The molecule has 2 aromatic rings. The predicted molar refractivity (Wildman–Crippen MR) is 90.9 cm³/mol. The van der Waals surface area contributed by atoms with E-state index in [1.807, 2.05) is 0 Å². The van der Waals surface area contributed by atoms with Gasteiger partial charge >= 0.3 is 5.97 Å². The molecule has 2 rings (SSSR count). The Labute approximate surface area is 140 Å². The third-order valence-electron chi connectivity index (χ3n) is 3.04. The van der Waals surface area contributed by atoms with Gasteiger partial charge in [-0.2, -0.15) is 0 Å². The van der Waals surface area contributed by atoms with Gasteiger partial charge in [0.25, 0.3) is 5.91 Å². The Hall–Kier alpha value is -2.33. The molecule has 1 amide bonds. The second-order valence-corrected chi connectivity index (χ2v) is 6.56. The SMILES string of the molecule is CC(C)(C)C(=O)Oc1ccc(C(=O)Nc2ccc(Cl)cc2)cc1. The fourth-order valence-electron chi connectivity index (χ4n) is 1.67. The van der Waals surface area contributed by atoms with Crippen LogP contribution in [0.4, 0.5) is 5.69 Å². The normalized spacial score (nSPS) is 11.0. The van der Waals surface area contributed by atoms with Gasteiger partial charge in [0.2, 0.25) is 0 Å². The summed E-state index contributed by atoms with van der Waals surface area (Å²) in [6, 6.07) is 13.3. The highest BCUT2D eigenvalue weighted by Crippen LogP contribution is 2.20. The molecular weight excluding hydrogens is 314 g/mol. The van der Waals surface area contributed by atoms with Gasteiger partial charge in [-0.25, -0.2) is 0 Å². The van der Waals surface area contributed by atoms with Crippen molar-refractivity contribution in [3.8, 4) is 5.75 Å². The number of esters is 1. The Bertz CT molecular complexity index is 701. The third kappa shape index (κ3) is 4.83. The molecule has 0 heterocycles. The molecule has 23 heavy (non-hydrogen) atoms. The van der Waals surface area contributed by atoms with Crippen molar-refractivity contribution in [3.63, 3.8) is 0 Å². The Morgan fingerprint density at radius 2 is 1.52 bits per heavy atom. The van der Waals surface area contributed by atoms with Gasteiger partial charge < -0.3 is 10.1 Å². The number of carbonyl (C=O) groups is 2. The minimum Gasteiger partial charge on any atom is -0.426 e. The summed E-state index contributed by atoms with van der Waals surface area (Å²) >= 11 is 5.80. The van der Waals surface area contributed by atoms with E-state index in [2.05, 4.69) is 5.32 Å². The highest BCUT2D eigenvalue weighted by atomic mass is 35.5. The molecule has 5 heteroatoms. The first kappa shape index (κ1) is 17.0. The average molecular weight is 332 g/mol. The summed E-state index contributed by atoms with van der Waals surface area (Å²) in [5, 5.41) is 3.37. The number of nitrogens with one attached hydrogen (secondary N) is 1. The van der Waals surface area contributed by atoms with E-state index in [4.69, 9.17) is 16.3 Å².